The van der Waals surface area contributed by atoms with E-state index in [0.29, 0.717) is 0 Å². The summed E-state index contributed by atoms with van der Waals surface area (Å²) in [5, 5.41) is 0. The molecule has 0 fully saturated rings. The van der Waals surface area contributed by atoms with Gasteiger partial charge in [0, 0.05) is 19.5 Å². The zero-order chi connectivity index (χ0) is 13.1. The molecule has 0 spiro atoms. The van der Waals surface area contributed by atoms with Gasteiger partial charge in [-0.1, -0.05) is 12.1 Å². The predicted octanol–water partition coefficient (Wildman–Crippen LogP) is 2.04. The molecular weight excluding hydrogens is 226 g/mol. The van der Waals surface area contributed by atoms with Crippen molar-refractivity contribution in [2.24, 2.45) is 12.8 Å². The van der Waals surface area contributed by atoms with Crippen LogP contribution in [0.1, 0.15) is 30.0 Å². The molecule has 1 aromatic carbocycles. The van der Waals surface area contributed by atoms with Crippen LogP contribution in [0.15, 0.2) is 30.5 Å². The van der Waals surface area contributed by atoms with Gasteiger partial charge in [0.15, 0.2) is 0 Å². The first-order valence-electron chi connectivity index (χ1n) is 6.01. The second kappa shape index (κ2) is 5.23. The highest BCUT2D eigenvalue weighted by molar-refractivity contribution is 5.29. The van der Waals surface area contributed by atoms with E-state index in [1.54, 1.807) is 7.11 Å². The van der Waals surface area contributed by atoms with Crippen LogP contribution in [0.25, 0.3) is 0 Å². The highest BCUT2D eigenvalue weighted by Gasteiger charge is 2.10. The van der Waals surface area contributed by atoms with E-state index in [2.05, 4.69) is 21.7 Å². The third-order valence-electron chi connectivity index (χ3n) is 3.11. The van der Waals surface area contributed by atoms with Gasteiger partial charge in [0.05, 0.1) is 19.0 Å². The average Bonchev–Trinajstić information content (AvgIpc) is 2.72. The molecule has 0 aliphatic heterocycles. The van der Waals surface area contributed by atoms with Gasteiger partial charge in [0.2, 0.25) is 0 Å². The smallest absolute Gasteiger partial charge is 0.118 e. The molecule has 96 valence electrons. The molecule has 2 aromatic rings. The van der Waals surface area contributed by atoms with Crippen LogP contribution in [0.4, 0.5) is 0 Å². The largest absolute Gasteiger partial charge is 0.497 e. The Morgan fingerprint density at radius 1 is 1.33 bits per heavy atom. The van der Waals surface area contributed by atoms with Gasteiger partial charge in [-0.05, 0) is 24.6 Å². The van der Waals surface area contributed by atoms with Crippen molar-refractivity contribution < 1.29 is 4.74 Å². The molecule has 1 unspecified atom stereocenters. The maximum Gasteiger partial charge on any atom is 0.118 e. The van der Waals surface area contributed by atoms with Gasteiger partial charge in [0.25, 0.3) is 0 Å². The molecule has 18 heavy (non-hydrogen) atoms. The van der Waals surface area contributed by atoms with Crippen LogP contribution < -0.4 is 10.5 Å². The van der Waals surface area contributed by atoms with Crippen molar-refractivity contribution in [2.75, 3.05) is 7.11 Å². The molecule has 0 radical (unpaired) electrons. The van der Waals surface area contributed by atoms with Crippen LogP contribution in [-0.2, 0) is 13.5 Å². The van der Waals surface area contributed by atoms with Gasteiger partial charge < -0.3 is 15.0 Å². The summed E-state index contributed by atoms with van der Waals surface area (Å²) in [6.07, 6.45) is 2.65. The molecule has 0 bridgehead atoms. The summed E-state index contributed by atoms with van der Waals surface area (Å²) in [6.45, 7) is 1.97. The summed E-state index contributed by atoms with van der Waals surface area (Å²) < 4.78 is 7.21. The Morgan fingerprint density at radius 3 is 2.50 bits per heavy atom. The lowest BCUT2D eigenvalue weighted by molar-refractivity contribution is 0.414. The summed E-state index contributed by atoms with van der Waals surface area (Å²) in [5.74, 6) is 1.89. The summed E-state index contributed by atoms with van der Waals surface area (Å²) in [4.78, 5) is 4.43. The van der Waals surface area contributed by atoms with Crippen molar-refractivity contribution in [1.82, 2.24) is 9.55 Å². The van der Waals surface area contributed by atoms with Crippen LogP contribution in [0, 0.1) is 0 Å². The van der Waals surface area contributed by atoms with Gasteiger partial charge in [-0.3, -0.25) is 0 Å². The predicted molar refractivity (Wildman–Crippen MR) is 71.6 cm³/mol. The minimum Gasteiger partial charge on any atom is -0.497 e. The fourth-order valence-electron chi connectivity index (χ4n) is 1.98. The first-order valence-corrected chi connectivity index (χ1v) is 6.01. The topological polar surface area (TPSA) is 53.1 Å². The third kappa shape index (κ3) is 2.54. The molecule has 0 aliphatic rings. The lowest BCUT2D eigenvalue weighted by Crippen LogP contribution is -2.11. The summed E-state index contributed by atoms with van der Waals surface area (Å²) >= 11 is 0. The Labute approximate surface area is 107 Å². The number of benzene rings is 1. The normalized spacial score (nSPS) is 12.4. The van der Waals surface area contributed by atoms with Crippen molar-refractivity contribution >= 4 is 0 Å². The molecule has 4 heteroatoms. The molecule has 1 atom stereocenters. The van der Waals surface area contributed by atoms with Gasteiger partial charge >= 0.3 is 0 Å². The second-order valence-electron chi connectivity index (χ2n) is 4.47. The number of hydrogen-bond acceptors (Lipinski definition) is 3. The Hall–Kier alpha value is -1.81. The third-order valence-corrected chi connectivity index (χ3v) is 3.11. The molecule has 0 saturated heterocycles. The second-order valence-corrected chi connectivity index (χ2v) is 4.47. The number of ether oxygens (including phenoxy) is 1. The highest BCUT2D eigenvalue weighted by Crippen LogP contribution is 2.16. The number of methoxy groups -OCH3 is 1. The number of nitrogens with two attached hydrogens (primary N) is 1. The Kier molecular flexibility index (Phi) is 3.67. The molecular formula is C14H19N3O. The SMILES string of the molecule is COc1ccc(Cc2ncc(C(C)N)n2C)cc1. The van der Waals surface area contributed by atoms with E-state index in [0.717, 1.165) is 23.7 Å². The Morgan fingerprint density at radius 2 is 2.00 bits per heavy atom. The number of imidazole rings is 1. The fraction of sp³-hybridized carbons (Fsp3) is 0.357. The van der Waals surface area contributed by atoms with E-state index in [1.165, 1.54) is 5.56 Å². The van der Waals surface area contributed by atoms with E-state index in [1.807, 2.05) is 32.3 Å². The van der Waals surface area contributed by atoms with Crippen LogP contribution in [-0.4, -0.2) is 16.7 Å². The first-order chi connectivity index (χ1) is 8.61. The number of nitrogens with zero attached hydrogens (tertiary/aromatic N) is 2. The quantitative estimate of drug-likeness (QED) is 0.896. The van der Waals surface area contributed by atoms with Gasteiger partial charge in [-0.2, -0.15) is 0 Å². The zero-order valence-electron chi connectivity index (χ0n) is 11.1. The molecule has 1 aromatic heterocycles. The van der Waals surface area contributed by atoms with Crippen LogP contribution in [0.3, 0.4) is 0 Å². The van der Waals surface area contributed by atoms with Gasteiger partial charge in [-0.25, -0.2) is 4.98 Å². The molecule has 2 rings (SSSR count). The molecule has 0 amide bonds. The van der Waals surface area contributed by atoms with Crippen molar-refractivity contribution in [2.45, 2.75) is 19.4 Å². The van der Waals surface area contributed by atoms with Crippen molar-refractivity contribution in [3.05, 3.63) is 47.5 Å². The first kappa shape index (κ1) is 12.6. The van der Waals surface area contributed by atoms with E-state index < -0.39 is 0 Å². The van der Waals surface area contributed by atoms with Crippen LogP contribution in [0.5, 0.6) is 5.75 Å². The van der Waals surface area contributed by atoms with E-state index in [9.17, 15) is 0 Å². The summed E-state index contributed by atoms with van der Waals surface area (Å²) in [6, 6.07) is 8.04. The number of hydrogen-bond donors (Lipinski definition) is 1. The molecule has 2 N–H and O–H groups in total. The minimum absolute atomic E-state index is 0.00659. The monoisotopic (exact) mass is 245 g/mol. The zero-order valence-corrected chi connectivity index (χ0v) is 11.1. The average molecular weight is 245 g/mol. The Balaban J connectivity index is 2.18. The summed E-state index contributed by atoms with van der Waals surface area (Å²) in [7, 11) is 3.67. The maximum absolute atomic E-state index is 5.88. The minimum atomic E-state index is 0.00659. The van der Waals surface area contributed by atoms with E-state index >= 15 is 0 Å². The van der Waals surface area contributed by atoms with Crippen LogP contribution in [0.2, 0.25) is 0 Å². The fourth-order valence-corrected chi connectivity index (χ4v) is 1.98. The number of aromatic nitrogens is 2. The molecule has 0 saturated carbocycles. The Bertz CT molecular complexity index is 514. The lowest BCUT2D eigenvalue weighted by Gasteiger charge is -2.08. The van der Waals surface area contributed by atoms with Gasteiger partial charge in [-0.15, -0.1) is 0 Å². The highest BCUT2D eigenvalue weighted by atomic mass is 16.5. The van der Waals surface area contributed by atoms with Gasteiger partial charge in [0.1, 0.15) is 11.6 Å². The summed E-state index contributed by atoms with van der Waals surface area (Å²) in [5.41, 5.74) is 8.14. The lowest BCUT2D eigenvalue weighted by atomic mass is 10.1. The van der Waals surface area contributed by atoms with Crippen molar-refractivity contribution in [1.29, 1.82) is 0 Å². The maximum atomic E-state index is 5.88. The van der Waals surface area contributed by atoms with Crippen molar-refractivity contribution in [3.63, 3.8) is 0 Å². The molecule has 4 nitrogen and oxygen atoms in total. The van der Waals surface area contributed by atoms with Crippen molar-refractivity contribution in [3.8, 4) is 5.75 Å². The molecule has 0 aliphatic carbocycles. The number of rotatable bonds is 4. The molecule has 1 heterocycles. The van der Waals surface area contributed by atoms with E-state index in [-0.39, 0.29) is 6.04 Å². The standard InChI is InChI=1S/C14H19N3O/c1-10(15)13-9-16-14(17(13)2)8-11-4-6-12(18-3)7-5-11/h4-7,9-10H,8,15H2,1-3H3. The van der Waals surface area contributed by atoms with Crippen LogP contribution >= 0.6 is 0 Å². The van der Waals surface area contributed by atoms with E-state index in [4.69, 9.17) is 10.5 Å².